The number of hydrogen-bond acceptors (Lipinski definition) is 3. The van der Waals surface area contributed by atoms with Gasteiger partial charge in [0.1, 0.15) is 5.82 Å². The largest absolute Gasteiger partial charge is 0.397 e. The number of nitrogens with two attached hydrogens (primary N) is 1. The molecule has 0 aliphatic heterocycles. The topological polar surface area (TPSA) is 50.9 Å². The van der Waals surface area contributed by atoms with Crippen molar-refractivity contribution < 1.29 is 8.78 Å². The maximum absolute atomic E-state index is 12.5. The minimum absolute atomic E-state index is 0.426. The van der Waals surface area contributed by atoms with E-state index in [1.54, 1.807) is 13.0 Å². The van der Waals surface area contributed by atoms with Crippen molar-refractivity contribution in [2.75, 3.05) is 17.6 Å². The van der Waals surface area contributed by atoms with Gasteiger partial charge in [-0.25, -0.2) is 13.8 Å². The van der Waals surface area contributed by atoms with E-state index in [9.17, 15) is 8.78 Å². The molecule has 0 saturated heterocycles. The second kappa shape index (κ2) is 3.77. The molecule has 78 valence electrons. The van der Waals surface area contributed by atoms with Gasteiger partial charge in [0, 0.05) is 6.92 Å². The van der Waals surface area contributed by atoms with E-state index in [1.165, 1.54) is 6.20 Å². The molecular weight excluding hydrogens is 188 g/mol. The van der Waals surface area contributed by atoms with Crippen LogP contribution >= 0.6 is 0 Å². The molecular formula is C9H13F2N3. The van der Waals surface area contributed by atoms with Gasteiger partial charge in [0.25, 0.3) is 5.92 Å². The van der Waals surface area contributed by atoms with E-state index in [0.717, 1.165) is 12.5 Å². The lowest BCUT2D eigenvalue weighted by Gasteiger charge is -2.13. The Morgan fingerprint density at radius 2 is 2.21 bits per heavy atom. The van der Waals surface area contributed by atoms with Crippen LogP contribution in [0.1, 0.15) is 12.5 Å². The maximum Gasteiger partial charge on any atom is 0.262 e. The Labute approximate surface area is 81.3 Å². The number of hydrogen-bond donors (Lipinski definition) is 2. The number of alkyl halides is 2. The highest BCUT2D eigenvalue weighted by Crippen LogP contribution is 2.17. The van der Waals surface area contributed by atoms with Crippen LogP contribution in [0.25, 0.3) is 0 Å². The molecule has 3 nitrogen and oxygen atoms in total. The summed E-state index contributed by atoms with van der Waals surface area (Å²) in [5.41, 5.74) is 6.75. The highest BCUT2D eigenvalue weighted by molar-refractivity contribution is 5.50. The summed E-state index contributed by atoms with van der Waals surface area (Å²) >= 11 is 0. The zero-order valence-electron chi connectivity index (χ0n) is 8.14. The molecule has 0 radical (unpaired) electrons. The van der Waals surface area contributed by atoms with Gasteiger partial charge >= 0.3 is 0 Å². The van der Waals surface area contributed by atoms with Crippen molar-refractivity contribution in [3.8, 4) is 0 Å². The molecule has 0 unspecified atom stereocenters. The predicted octanol–water partition coefficient (Wildman–Crippen LogP) is 2.04. The molecule has 14 heavy (non-hydrogen) atoms. The molecule has 0 fully saturated rings. The lowest BCUT2D eigenvalue weighted by Crippen LogP contribution is -2.23. The van der Waals surface area contributed by atoms with E-state index >= 15 is 0 Å². The van der Waals surface area contributed by atoms with E-state index < -0.39 is 12.5 Å². The van der Waals surface area contributed by atoms with Crippen LogP contribution in [-0.4, -0.2) is 17.5 Å². The highest BCUT2D eigenvalue weighted by atomic mass is 19.3. The van der Waals surface area contributed by atoms with E-state index in [2.05, 4.69) is 10.3 Å². The smallest absolute Gasteiger partial charge is 0.262 e. The van der Waals surface area contributed by atoms with E-state index in [-0.39, 0.29) is 0 Å². The fourth-order valence-electron chi connectivity index (χ4n) is 1.02. The highest BCUT2D eigenvalue weighted by Gasteiger charge is 2.20. The van der Waals surface area contributed by atoms with Crippen LogP contribution in [0.2, 0.25) is 0 Å². The fraction of sp³-hybridized carbons (Fsp3) is 0.444. The van der Waals surface area contributed by atoms with Gasteiger partial charge in [-0.1, -0.05) is 0 Å². The summed E-state index contributed by atoms with van der Waals surface area (Å²) < 4.78 is 25.0. The van der Waals surface area contributed by atoms with Gasteiger partial charge in [-0.15, -0.1) is 0 Å². The second-order valence-electron chi connectivity index (χ2n) is 3.36. The molecule has 0 saturated carbocycles. The number of nitrogens with zero attached hydrogens (tertiary/aromatic N) is 1. The van der Waals surface area contributed by atoms with Crippen LogP contribution in [-0.2, 0) is 0 Å². The summed E-state index contributed by atoms with van der Waals surface area (Å²) in [6.07, 6.45) is 1.43. The van der Waals surface area contributed by atoms with Crippen molar-refractivity contribution in [3.05, 3.63) is 17.8 Å². The van der Waals surface area contributed by atoms with Crippen LogP contribution < -0.4 is 11.1 Å². The van der Waals surface area contributed by atoms with Gasteiger partial charge in [0.15, 0.2) is 0 Å². The standard InChI is InChI=1S/C9H13F2N3/c1-6-3-7(12)4-13-8(6)14-5-9(2,10)11/h3-4H,5,12H2,1-2H3,(H,13,14). The van der Waals surface area contributed by atoms with Crippen molar-refractivity contribution >= 4 is 11.5 Å². The van der Waals surface area contributed by atoms with Crippen LogP contribution in [0, 0.1) is 6.92 Å². The number of rotatable bonds is 3. The van der Waals surface area contributed by atoms with Gasteiger partial charge in [-0.05, 0) is 18.6 Å². The van der Waals surface area contributed by atoms with Crippen LogP contribution in [0.3, 0.4) is 0 Å². The third-order valence-corrected chi connectivity index (χ3v) is 1.67. The normalized spacial score (nSPS) is 11.4. The lowest BCUT2D eigenvalue weighted by molar-refractivity contribution is 0.0367. The number of aromatic nitrogens is 1. The van der Waals surface area contributed by atoms with Crippen molar-refractivity contribution in [2.24, 2.45) is 0 Å². The van der Waals surface area contributed by atoms with Crippen molar-refractivity contribution in [3.63, 3.8) is 0 Å². The molecule has 0 bridgehead atoms. The van der Waals surface area contributed by atoms with Crippen LogP contribution in [0.4, 0.5) is 20.3 Å². The average Bonchev–Trinajstić information content (AvgIpc) is 2.00. The summed E-state index contributed by atoms with van der Waals surface area (Å²) in [6.45, 7) is 2.19. The fourth-order valence-corrected chi connectivity index (χ4v) is 1.02. The molecule has 0 atom stereocenters. The zero-order chi connectivity index (χ0) is 10.8. The molecule has 1 aromatic rings. The first-order valence-electron chi connectivity index (χ1n) is 4.22. The minimum Gasteiger partial charge on any atom is -0.397 e. The zero-order valence-corrected chi connectivity index (χ0v) is 8.14. The van der Waals surface area contributed by atoms with E-state index in [4.69, 9.17) is 5.73 Å². The summed E-state index contributed by atoms with van der Waals surface area (Å²) in [7, 11) is 0. The van der Waals surface area contributed by atoms with Crippen molar-refractivity contribution in [1.82, 2.24) is 4.98 Å². The number of nitrogen functional groups attached to an aromatic ring is 1. The number of halogens is 2. The van der Waals surface area contributed by atoms with Crippen molar-refractivity contribution in [1.29, 1.82) is 0 Å². The third kappa shape index (κ3) is 3.16. The number of aryl methyl sites for hydroxylation is 1. The summed E-state index contributed by atoms with van der Waals surface area (Å²) in [5.74, 6) is -2.30. The number of anilines is 2. The second-order valence-corrected chi connectivity index (χ2v) is 3.36. The Morgan fingerprint density at radius 1 is 1.57 bits per heavy atom. The van der Waals surface area contributed by atoms with Gasteiger partial charge in [-0.3, -0.25) is 0 Å². The van der Waals surface area contributed by atoms with Crippen LogP contribution in [0.15, 0.2) is 12.3 Å². The monoisotopic (exact) mass is 201 g/mol. The van der Waals surface area contributed by atoms with Gasteiger partial charge < -0.3 is 11.1 Å². The van der Waals surface area contributed by atoms with Gasteiger partial charge in [0.05, 0.1) is 18.4 Å². The Hall–Kier alpha value is -1.39. The molecule has 1 aromatic heterocycles. The molecule has 5 heteroatoms. The summed E-state index contributed by atoms with van der Waals surface area (Å²) in [5, 5.41) is 2.56. The van der Waals surface area contributed by atoms with E-state index in [0.29, 0.717) is 11.5 Å². The van der Waals surface area contributed by atoms with Crippen LogP contribution in [0.5, 0.6) is 0 Å². The summed E-state index contributed by atoms with van der Waals surface area (Å²) in [4.78, 5) is 3.91. The quantitative estimate of drug-likeness (QED) is 0.786. The number of nitrogens with one attached hydrogen (secondary N) is 1. The first-order valence-corrected chi connectivity index (χ1v) is 4.22. The molecule has 1 rings (SSSR count). The Bertz CT molecular complexity index is 320. The summed E-state index contributed by atoms with van der Waals surface area (Å²) in [6, 6.07) is 1.68. The Morgan fingerprint density at radius 3 is 2.71 bits per heavy atom. The SMILES string of the molecule is Cc1cc(N)cnc1NCC(C)(F)F. The predicted molar refractivity (Wildman–Crippen MR) is 52.5 cm³/mol. The Balaban J connectivity index is 2.68. The maximum atomic E-state index is 12.5. The Kier molecular flexibility index (Phi) is 2.88. The molecule has 0 spiro atoms. The molecule has 3 N–H and O–H groups in total. The minimum atomic E-state index is -2.74. The molecule has 0 aliphatic carbocycles. The number of pyridine rings is 1. The first kappa shape index (κ1) is 10.7. The third-order valence-electron chi connectivity index (χ3n) is 1.67. The first-order chi connectivity index (χ1) is 6.38. The van der Waals surface area contributed by atoms with E-state index in [1.807, 2.05) is 0 Å². The molecule has 0 aliphatic rings. The lowest BCUT2D eigenvalue weighted by atomic mass is 10.2. The average molecular weight is 201 g/mol. The van der Waals surface area contributed by atoms with Gasteiger partial charge in [0.2, 0.25) is 0 Å². The molecule has 1 heterocycles. The van der Waals surface area contributed by atoms with Gasteiger partial charge in [-0.2, -0.15) is 0 Å². The van der Waals surface area contributed by atoms with Crippen molar-refractivity contribution in [2.45, 2.75) is 19.8 Å². The molecule has 0 amide bonds. The molecule has 0 aromatic carbocycles.